The van der Waals surface area contributed by atoms with Crippen LogP contribution in [0, 0.1) is 0 Å². The zero-order valence-corrected chi connectivity index (χ0v) is 16.5. The summed E-state index contributed by atoms with van der Waals surface area (Å²) in [7, 11) is 0. The van der Waals surface area contributed by atoms with Gasteiger partial charge in [-0.3, -0.25) is 4.98 Å². The fourth-order valence-electron chi connectivity index (χ4n) is 3.60. The summed E-state index contributed by atoms with van der Waals surface area (Å²) >= 11 is 1.62. The molecule has 0 amide bonds. The van der Waals surface area contributed by atoms with Crippen molar-refractivity contribution in [3.63, 3.8) is 0 Å². The fourth-order valence-corrected chi connectivity index (χ4v) is 4.26. The second-order valence-corrected chi connectivity index (χ2v) is 7.83. The van der Waals surface area contributed by atoms with Crippen molar-refractivity contribution in [3.8, 4) is 11.3 Å². The summed E-state index contributed by atoms with van der Waals surface area (Å²) in [6, 6.07) is 14.0. The van der Waals surface area contributed by atoms with Crippen LogP contribution in [-0.2, 0) is 0 Å². The van der Waals surface area contributed by atoms with E-state index in [9.17, 15) is 0 Å². The Bertz CT molecular complexity index is 1550. The molecule has 2 aromatic carbocycles. The Labute approximate surface area is 174 Å². The van der Waals surface area contributed by atoms with Crippen LogP contribution in [0.1, 0.15) is 0 Å². The van der Waals surface area contributed by atoms with Crippen molar-refractivity contribution >= 4 is 55.3 Å². The van der Waals surface area contributed by atoms with Gasteiger partial charge in [0.2, 0.25) is 0 Å². The number of imidazole rings is 1. The first kappa shape index (κ1) is 16.9. The van der Waals surface area contributed by atoms with Crippen LogP contribution in [0.25, 0.3) is 38.0 Å². The number of fused-ring (bicyclic) bond motifs is 3. The van der Waals surface area contributed by atoms with Crippen LogP contribution in [0.4, 0.5) is 17.2 Å². The molecule has 0 bridgehead atoms. The molecule has 0 saturated heterocycles. The van der Waals surface area contributed by atoms with E-state index in [1.165, 1.54) is 0 Å². The summed E-state index contributed by atoms with van der Waals surface area (Å²) in [5.41, 5.74) is 13.6. The molecule has 3 N–H and O–H groups in total. The lowest BCUT2D eigenvalue weighted by molar-refractivity contribution is 1.13. The van der Waals surface area contributed by atoms with E-state index < -0.39 is 0 Å². The van der Waals surface area contributed by atoms with Gasteiger partial charge in [-0.1, -0.05) is 18.2 Å². The van der Waals surface area contributed by atoms with Crippen LogP contribution >= 0.6 is 11.3 Å². The zero-order valence-electron chi connectivity index (χ0n) is 15.6. The maximum atomic E-state index is 5.91. The van der Waals surface area contributed by atoms with Gasteiger partial charge in [0.25, 0.3) is 0 Å². The molecule has 0 aliphatic heterocycles. The largest absolute Gasteiger partial charge is 0.397 e. The van der Waals surface area contributed by atoms with Gasteiger partial charge in [0.15, 0.2) is 11.5 Å². The minimum absolute atomic E-state index is 0.637. The lowest BCUT2D eigenvalue weighted by atomic mass is 10.1. The number of aromatic nitrogens is 5. The van der Waals surface area contributed by atoms with E-state index in [4.69, 9.17) is 10.7 Å². The van der Waals surface area contributed by atoms with Gasteiger partial charge in [-0.05, 0) is 24.3 Å². The molecular formula is C22H15N7S. The number of nitrogens with one attached hydrogen (secondary N) is 1. The quantitative estimate of drug-likeness (QED) is 0.433. The first-order chi connectivity index (χ1) is 14.7. The summed E-state index contributed by atoms with van der Waals surface area (Å²) in [6.07, 6.45) is 7.30. The van der Waals surface area contributed by atoms with Gasteiger partial charge in [-0.15, -0.1) is 11.3 Å². The lowest BCUT2D eigenvalue weighted by Crippen LogP contribution is -2.01. The second kappa shape index (κ2) is 6.50. The highest BCUT2D eigenvalue weighted by molar-refractivity contribution is 7.16. The average Bonchev–Trinajstić information content (AvgIpc) is 3.42. The van der Waals surface area contributed by atoms with Gasteiger partial charge in [-0.2, -0.15) is 0 Å². The predicted molar refractivity (Wildman–Crippen MR) is 121 cm³/mol. The van der Waals surface area contributed by atoms with E-state index in [0.717, 1.165) is 43.7 Å². The number of pyridine rings is 1. The number of thiazole rings is 1. The van der Waals surface area contributed by atoms with Crippen LogP contribution in [0.15, 0.2) is 72.8 Å². The van der Waals surface area contributed by atoms with Crippen LogP contribution in [0.5, 0.6) is 0 Å². The summed E-state index contributed by atoms with van der Waals surface area (Å²) in [5.74, 6) is 0.666. The first-order valence-electron chi connectivity index (χ1n) is 9.33. The number of hydrogen-bond acceptors (Lipinski definition) is 7. The second-order valence-electron chi connectivity index (χ2n) is 6.94. The van der Waals surface area contributed by atoms with E-state index >= 15 is 0 Å². The van der Waals surface area contributed by atoms with Crippen LogP contribution in [0.2, 0.25) is 0 Å². The number of benzene rings is 2. The maximum Gasteiger partial charge on any atom is 0.180 e. The van der Waals surface area contributed by atoms with Crippen molar-refractivity contribution in [1.82, 2.24) is 24.3 Å². The number of hydrogen-bond donors (Lipinski definition) is 2. The zero-order chi connectivity index (χ0) is 20.1. The Morgan fingerprint density at radius 2 is 2.00 bits per heavy atom. The minimum Gasteiger partial charge on any atom is -0.397 e. The Morgan fingerprint density at radius 1 is 1.03 bits per heavy atom. The summed E-state index contributed by atoms with van der Waals surface area (Å²) in [5, 5.41) is 4.39. The van der Waals surface area contributed by atoms with E-state index in [1.54, 1.807) is 23.7 Å². The third-order valence-corrected chi connectivity index (χ3v) is 5.79. The van der Waals surface area contributed by atoms with Crippen molar-refractivity contribution in [2.45, 2.75) is 0 Å². The van der Waals surface area contributed by atoms with Crippen molar-refractivity contribution in [1.29, 1.82) is 0 Å². The van der Waals surface area contributed by atoms with E-state index in [2.05, 4.69) is 26.3 Å². The molecule has 7 nitrogen and oxygen atoms in total. The molecule has 144 valence electrons. The highest BCUT2D eigenvalue weighted by Gasteiger charge is 2.13. The molecule has 0 radical (unpaired) electrons. The molecule has 0 aliphatic carbocycles. The first-order valence-corrected chi connectivity index (χ1v) is 10.2. The van der Waals surface area contributed by atoms with E-state index in [-0.39, 0.29) is 0 Å². The average molecular weight is 409 g/mol. The molecule has 0 unspecified atom stereocenters. The number of nitrogens with two attached hydrogens (primary N) is 1. The molecule has 8 heteroatoms. The molecule has 6 aromatic rings. The lowest BCUT2D eigenvalue weighted by Gasteiger charge is -2.11. The van der Waals surface area contributed by atoms with Gasteiger partial charge in [0, 0.05) is 35.2 Å². The fraction of sp³-hybridized carbons (Fsp3) is 0. The van der Waals surface area contributed by atoms with Crippen molar-refractivity contribution in [2.75, 3.05) is 11.1 Å². The highest BCUT2D eigenvalue weighted by atomic mass is 32.1. The Balaban J connectivity index is 1.52. The van der Waals surface area contributed by atoms with E-state index in [0.29, 0.717) is 11.5 Å². The monoisotopic (exact) mass is 409 g/mol. The molecule has 0 aliphatic rings. The van der Waals surface area contributed by atoms with Gasteiger partial charge in [-0.25, -0.2) is 15.0 Å². The Kier molecular flexibility index (Phi) is 3.65. The van der Waals surface area contributed by atoms with Crippen molar-refractivity contribution < 1.29 is 0 Å². The van der Waals surface area contributed by atoms with Crippen LogP contribution in [-0.4, -0.2) is 24.3 Å². The molecule has 0 fully saturated rings. The summed E-state index contributed by atoms with van der Waals surface area (Å²) < 4.78 is 3.11. The number of rotatable bonds is 3. The molecule has 6 rings (SSSR count). The molecule has 0 atom stereocenters. The highest BCUT2D eigenvalue weighted by Crippen LogP contribution is 2.30. The topological polar surface area (TPSA) is 94.0 Å². The van der Waals surface area contributed by atoms with E-state index in [1.807, 2.05) is 58.7 Å². The standard InChI is InChI=1S/C22H15N7S/c23-14-8-13-2-1-3-16(20(13)25-10-14)18-11-29-7-6-24-22(29)21(28-18)27-15-4-5-19-17(9-15)26-12-30-19/h1-12H,23H2,(H,27,28). The maximum absolute atomic E-state index is 5.91. The van der Waals surface area contributed by atoms with Gasteiger partial charge < -0.3 is 15.5 Å². The summed E-state index contributed by atoms with van der Waals surface area (Å²) in [6.45, 7) is 0. The number of nitrogen functional groups attached to an aromatic ring is 1. The molecule has 30 heavy (non-hydrogen) atoms. The Hall–Kier alpha value is -4.04. The number of anilines is 3. The van der Waals surface area contributed by atoms with Gasteiger partial charge >= 0.3 is 0 Å². The van der Waals surface area contributed by atoms with Crippen molar-refractivity contribution in [3.05, 3.63) is 72.8 Å². The smallest absolute Gasteiger partial charge is 0.180 e. The van der Waals surface area contributed by atoms with Crippen LogP contribution < -0.4 is 11.1 Å². The SMILES string of the molecule is Nc1cnc2c(-c3cn4ccnc4c(Nc4ccc5scnc5c4)n3)cccc2c1. The van der Waals surface area contributed by atoms with Gasteiger partial charge in [0.05, 0.1) is 38.8 Å². The minimum atomic E-state index is 0.637. The third kappa shape index (κ3) is 2.73. The normalized spacial score (nSPS) is 11.5. The predicted octanol–water partition coefficient (Wildman–Crippen LogP) is 4.88. The molecule has 4 aromatic heterocycles. The molecule has 0 saturated carbocycles. The number of para-hydroxylation sites is 1. The Morgan fingerprint density at radius 3 is 2.97 bits per heavy atom. The molecular weight excluding hydrogens is 394 g/mol. The number of nitrogens with zero attached hydrogens (tertiary/aromatic N) is 5. The summed E-state index contributed by atoms with van der Waals surface area (Å²) in [4.78, 5) is 18.3. The van der Waals surface area contributed by atoms with Crippen LogP contribution in [0.3, 0.4) is 0 Å². The van der Waals surface area contributed by atoms with Crippen molar-refractivity contribution in [2.24, 2.45) is 0 Å². The molecule has 0 spiro atoms. The third-order valence-electron chi connectivity index (χ3n) is 4.98. The van der Waals surface area contributed by atoms with Gasteiger partial charge in [0.1, 0.15) is 0 Å². The molecule has 4 heterocycles.